The molecule has 0 unspecified atom stereocenters. The summed E-state index contributed by atoms with van der Waals surface area (Å²) < 4.78 is 10.7. The van der Waals surface area contributed by atoms with Crippen molar-refractivity contribution in [3.05, 3.63) is 53.6 Å². The summed E-state index contributed by atoms with van der Waals surface area (Å²) in [6, 6.07) is 15.5. The van der Waals surface area contributed by atoms with Gasteiger partial charge in [0.05, 0.1) is 7.11 Å². The third-order valence-corrected chi connectivity index (χ3v) is 2.21. The molecule has 0 saturated carbocycles. The van der Waals surface area contributed by atoms with Gasteiger partial charge in [-0.05, 0) is 30.3 Å². The Hall–Kier alpha value is -1.67. The fourth-order valence-corrected chi connectivity index (χ4v) is 1.51. The minimum atomic E-state index is 0.578. The molecule has 0 atom stereocenters. The van der Waals surface area contributed by atoms with Gasteiger partial charge in [0.2, 0.25) is 0 Å². The first kappa shape index (κ1) is 10.8. The molecular weight excluding hydrogens is 224 g/mol. The van der Waals surface area contributed by atoms with Crippen LogP contribution < -0.4 is 9.47 Å². The largest absolute Gasteiger partial charge is 0.497 e. The summed E-state index contributed by atoms with van der Waals surface area (Å²) in [5.41, 5.74) is 0. The SMILES string of the molecule is COc1cc(Cl)cc(Oc2c[c]ccc2)c1. The van der Waals surface area contributed by atoms with E-state index < -0.39 is 0 Å². The Morgan fingerprint density at radius 2 is 1.94 bits per heavy atom. The molecule has 0 aliphatic rings. The van der Waals surface area contributed by atoms with Crippen molar-refractivity contribution in [1.29, 1.82) is 0 Å². The van der Waals surface area contributed by atoms with Crippen molar-refractivity contribution >= 4 is 11.6 Å². The standard InChI is InChI=1S/C13H10ClO2/c1-15-12-7-10(14)8-13(9-12)16-11-5-3-2-4-6-11/h2-3,5-9H,1H3. The maximum absolute atomic E-state index is 5.93. The Morgan fingerprint density at radius 1 is 1.12 bits per heavy atom. The number of hydrogen-bond acceptors (Lipinski definition) is 2. The molecule has 0 amide bonds. The lowest BCUT2D eigenvalue weighted by atomic mass is 10.3. The predicted octanol–water partition coefficient (Wildman–Crippen LogP) is 3.94. The number of ether oxygens (including phenoxy) is 2. The van der Waals surface area contributed by atoms with Gasteiger partial charge >= 0.3 is 0 Å². The lowest BCUT2D eigenvalue weighted by Crippen LogP contribution is -1.87. The summed E-state index contributed by atoms with van der Waals surface area (Å²) in [5.74, 6) is 2.03. The van der Waals surface area contributed by atoms with Gasteiger partial charge < -0.3 is 9.47 Å². The second-order valence-corrected chi connectivity index (χ2v) is 3.60. The number of benzene rings is 2. The zero-order chi connectivity index (χ0) is 11.4. The average Bonchev–Trinajstić information content (AvgIpc) is 2.29. The zero-order valence-corrected chi connectivity index (χ0v) is 9.49. The van der Waals surface area contributed by atoms with E-state index in [-0.39, 0.29) is 0 Å². The van der Waals surface area contributed by atoms with Gasteiger partial charge in [-0.1, -0.05) is 23.7 Å². The van der Waals surface area contributed by atoms with E-state index in [1.807, 2.05) is 18.2 Å². The molecule has 0 fully saturated rings. The molecular formula is C13H10ClO2. The molecule has 81 valence electrons. The van der Waals surface area contributed by atoms with Gasteiger partial charge in [0, 0.05) is 11.1 Å². The predicted molar refractivity (Wildman–Crippen MR) is 63.4 cm³/mol. The van der Waals surface area contributed by atoms with Crippen molar-refractivity contribution in [2.75, 3.05) is 7.11 Å². The fourth-order valence-electron chi connectivity index (χ4n) is 1.29. The first-order valence-electron chi connectivity index (χ1n) is 4.76. The molecule has 0 heterocycles. The Bertz CT molecular complexity index is 469. The summed E-state index contributed by atoms with van der Waals surface area (Å²) in [6.45, 7) is 0. The van der Waals surface area contributed by atoms with E-state index in [4.69, 9.17) is 21.1 Å². The first-order chi connectivity index (χ1) is 7.78. The minimum absolute atomic E-state index is 0.578. The van der Waals surface area contributed by atoms with Crippen molar-refractivity contribution in [3.8, 4) is 17.2 Å². The number of methoxy groups -OCH3 is 1. The van der Waals surface area contributed by atoms with Crippen LogP contribution in [0.4, 0.5) is 0 Å². The molecule has 0 aliphatic carbocycles. The number of hydrogen-bond donors (Lipinski definition) is 0. The van der Waals surface area contributed by atoms with Crippen LogP contribution in [0.5, 0.6) is 17.2 Å². The first-order valence-corrected chi connectivity index (χ1v) is 5.14. The van der Waals surface area contributed by atoms with Crippen LogP contribution in [0.25, 0.3) is 0 Å². The van der Waals surface area contributed by atoms with Crippen LogP contribution in [-0.4, -0.2) is 7.11 Å². The van der Waals surface area contributed by atoms with Gasteiger partial charge in [0.1, 0.15) is 17.2 Å². The summed E-state index contributed by atoms with van der Waals surface area (Å²) in [5, 5.41) is 0.578. The van der Waals surface area contributed by atoms with Crippen LogP contribution in [-0.2, 0) is 0 Å². The highest BCUT2D eigenvalue weighted by molar-refractivity contribution is 6.30. The zero-order valence-electron chi connectivity index (χ0n) is 8.74. The Balaban J connectivity index is 2.24. The molecule has 16 heavy (non-hydrogen) atoms. The highest BCUT2D eigenvalue weighted by Crippen LogP contribution is 2.29. The van der Waals surface area contributed by atoms with Crippen molar-refractivity contribution in [2.45, 2.75) is 0 Å². The summed E-state index contributed by atoms with van der Waals surface area (Å²) in [7, 11) is 1.59. The Kier molecular flexibility index (Phi) is 3.32. The van der Waals surface area contributed by atoms with E-state index in [1.165, 1.54) is 0 Å². The summed E-state index contributed by atoms with van der Waals surface area (Å²) in [6.07, 6.45) is 0. The Labute approximate surface area is 99.4 Å². The molecule has 2 aromatic carbocycles. The Morgan fingerprint density at radius 3 is 2.62 bits per heavy atom. The van der Waals surface area contributed by atoms with Crippen LogP contribution >= 0.6 is 11.6 Å². The lowest BCUT2D eigenvalue weighted by Gasteiger charge is -2.07. The number of rotatable bonds is 3. The normalized spacial score (nSPS) is 9.88. The molecule has 2 nitrogen and oxygen atoms in total. The summed E-state index contributed by atoms with van der Waals surface area (Å²) in [4.78, 5) is 0. The molecule has 0 aliphatic heterocycles. The van der Waals surface area contributed by atoms with Crippen molar-refractivity contribution < 1.29 is 9.47 Å². The van der Waals surface area contributed by atoms with Gasteiger partial charge in [-0.25, -0.2) is 0 Å². The second-order valence-electron chi connectivity index (χ2n) is 3.17. The molecule has 0 N–H and O–H groups in total. The maximum Gasteiger partial charge on any atom is 0.132 e. The van der Waals surface area contributed by atoms with Crippen LogP contribution in [0, 0.1) is 6.07 Å². The fraction of sp³-hybridized carbons (Fsp3) is 0.0769. The quantitative estimate of drug-likeness (QED) is 0.800. The van der Waals surface area contributed by atoms with Crippen LogP contribution in [0.3, 0.4) is 0 Å². The molecule has 0 saturated heterocycles. The van der Waals surface area contributed by atoms with Gasteiger partial charge in [-0.2, -0.15) is 0 Å². The van der Waals surface area contributed by atoms with E-state index in [0.29, 0.717) is 22.3 Å². The molecule has 2 aromatic rings. The van der Waals surface area contributed by atoms with E-state index >= 15 is 0 Å². The van der Waals surface area contributed by atoms with Gasteiger partial charge in [-0.3, -0.25) is 0 Å². The minimum Gasteiger partial charge on any atom is -0.497 e. The third-order valence-electron chi connectivity index (χ3n) is 1.99. The van der Waals surface area contributed by atoms with Crippen LogP contribution in [0.15, 0.2) is 42.5 Å². The highest BCUT2D eigenvalue weighted by atomic mass is 35.5. The average molecular weight is 234 g/mol. The lowest BCUT2D eigenvalue weighted by molar-refractivity contribution is 0.409. The van der Waals surface area contributed by atoms with E-state index in [0.717, 1.165) is 0 Å². The summed E-state index contributed by atoms with van der Waals surface area (Å²) >= 11 is 5.93. The third kappa shape index (κ3) is 2.67. The molecule has 0 aromatic heterocycles. The van der Waals surface area contributed by atoms with Crippen LogP contribution in [0.2, 0.25) is 5.02 Å². The van der Waals surface area contributed by atoms with E-state index in [1.54, 1.807) is 31.4 Å². The molecule has 1 radical (unpaired) electrons. The number of halogens is 1. The van der Waals surface area contributed by atoms with Gasteiger partial charge in [-0.15, -0.1) is 0 Å². The molecule has 0 spiro atoms. The van der Waals surface area contributed by atoms with Crippen molar-refractivity contribution in [2.24, 2.45) is 0 Å². The topological polar surface area (TPSA) is 18.5 Å². The van der Waals surface area contributed by atoms with Gasteiger partial charge in [0.25, 0.3) is 0 Å². The van der Waals surface area contributed by atoms with Crippen LogP contribution in [0.1, 0.15) is 0 Å². The van der Waals surface area contributed by atoms with E-state index in [9.17, 15) is 0 Å². The van der Waals surface area contributed by atoms with Gasteiger partial charge in [0.15, 0.2) is 0 Å². The van der Waals surface area contributed by atoms with E-state index in [2.05, 4.69) is 6.07 Å². The molecule has 3 heteroatoms. The van der Waals surface area contributed by atoms with Crippen molar-refractivity contribution in [1.82, 2.24) is 0 Å². The monoisotopic (exact) mass is 233 g/mol. The molecule has 2 rings (SSSR count). The van der Waals surface area contributed by atoms with Crippen molar-refractivity contribution in [3.63, 3.8) is 0 Å². The second kappa shape index (κ2) is 4.90. The maximum atomic E-state index is 5.93. The smallest absolute Gasteiger partial charge is 0.132 e. The highest BCUT2D eigenvalue weighted by Gasteiger charge is 2.01. The molecule has 0 bridgehead atoms.